The monoisotopic (exact) mass is 277 g/mol. The average Bonchev–Trinajstić information content (AvgIpc) is 3.05. The maximum Gasteiger partial charge on any atom is 0.00896 e. The zero-order valence-electron chi connectivity index (χ0n) is 12.2. The third-order valence-corrected chi connectivity index (χ3v) is 6.22. The molecule has 2 aliphatic rings. The van der Waals surface area contributed by atoms with E-state index < -0.39 is 0 Å². The average molecular weight is 277 g/mol. The summed E-state index contributed by atoms with van der Waals surface area (Å²) in [5.41, 5.74) is 0.773. The van der Waals surface area contributed by atoms with Gasteiger partial charge in [-0.1, -0.05) is 18.9 Å². The van der Waals surface area contributed by atoms with Crippen LogP contribution in [-0.2, 0) is 6.42 Å². The van der Waals surface area contributed by atoms with Crippen molar-refractivity contribution in [2.75, 3.05) is 0 Å². The fourth-order valence-corrected chi connectivity index (χ4v) is 5.05. The molecule has 0 aromatic carbocycles. The summed E-state index contributed by atoms with van der Waals surface area (Å²) in [5, 5.41) is 6.06. The summed E-state index contributed by atoms with van der Waals surface area (Å²) in [6.45, 7) is 2.35. The molecule has 0 radical (unpaired) electrons. The molecule has 1 heterocycles. The molecule has 0 bridgehead atoms. The second kappa shape index (κ2) is 5.97. The molecule has 1 nitrogen and oxygen atoms in total. The van der Waals surface area contributed by atoms with Crippen molar-refractivity contribution < 1.29 is 0 Å². The van der Waals surface area contributed by atoms with E-state index in [1.54, 1.807) is 0 Å². The number of hydrogen-bond donors (Lipinski definition) is 1. The first-order chi connectivity index (χ1) is 9.26. The van der Waals surface area contributed by atoms with Crippen molar-refractivity contribution in [2.45, 2.75) is 76.8 Å². The number of rotatable bonds is 4. The predicted molar refractivity (Wildman–Crippen MR) is 83.8 cm³/mol. The maximum absolute atomic E-state index is 3.87. The van der Waals surface area contributed by atoms with Crippen molar-refractivity contribution in [3.05, 3.63) is 22.4 Å². The minimum Gasteiger partial charge on any atom is -0.311 e. The van der Waals surface area contributed by atoms with Crippen LogP contribution < -0.4 is 5.32 Å². The molecule has 1 unspecified atom stereocenters. The first kappa shape index (κ1) is 13.6. The van der Waals surface area contributed by atoms with Crippen molar-refractivity contribution in [1.29, 1.82) is 0 Å². The van der Waals surface area contributed by atoms with Crippen LogP contribution >= 0.6 is 11.3 Å². The Bertz CT molecular complexity index is 368. The molecule has 2 aliphatic carbocycles. The van der Waals surface area contributed by atoms with Gasteiger partial charge >= 0.3 is 0 Å². The van der Waals surface area contributed by atoms with Crippen LogP contribution in [0.15, 0.2) is 17.5 Å². The zero-order valence-corrected chi connectivity index (χ0v) is 13.0. The van der Waals surface area contributed by atoms with Crippen LogP contribution in [0.2, 0.25) is 0 Å². The summed E-state index contributed by atoms with van der Waals surface area (Å²) >= 11 is 1.89. The Hall–Kier alpha value is -0.340. The highest BCUT2D eigenvalue weighted by Gasteiger charge is 2.37. The van der Waals surface area contributed by atoms with E-state index in [1.165, 1.54) is 62.7 Å². The number of thiophene rings is 1. The Kier molecular flexibility index (Phi) is 4.28. The summed E-state index contributed by atoms with van der Waals surface area (Å²) < 4.78 is 0. The molecule has 1 atom stereocenters. The number of hydrogen-bond acceptors (Lipinski definition) is 2. The van der Waals surface area contributed by atoms with Crippen molar-refractivity contribution in [1.82, 2.24) is 5.32 Å². The quantitative estimate of drug-likeness (QED) is 0.836. The van der Waals surface area contributed by atoms with E-state index in [4.69, 9.17) is 0 Å². The Morgan fingerprint density at radius 2 is 2.00 bits per heavy atom. The van der Waals surface area contributed by atoms with Gasteiger partial charge < -0.3 is 5.32 Å². The first-order valence-corrected chi connectivity index (χ1v) is 8.92. The van der Waals surface area contributed by atoms with Gasteiger partial charge in [0.2, 0.25) is 0 Å². The summed E-state index contributed by atoms with van der Waals surface area (Å²) in [7, 11) is 0. The summed E-state index contributed by atoms with van der Waals surface area (Å²) in [6, 6.07) is 5.83. The molecule has 2 saturated carbocycles. The van der Waals surface area contributed by atoms with Crippen molar-refractivity contribution in [3.63, 3.8) is 0 Å². The highest BCUT2D eigenvalue weighted by molar-refractivity contribution is 7.09. The molecule has 106 valence electrons. The highest BCUT2D eigenvalue weighted by Crippen LogP contribution is 2.48. The van der Waals surface area contributed by atoms with E-state index in [-0.39, 0.29) is 0 Å². The summed E-state index contributed by atoms with van der Waals surface area (Å²) in [5.74, 6) is 0. The van der Waals surface area contributed by atoms with Crippen molar-refractivity contribution >= 4 is 11.3 Å². The van der Waals surface area contributed by atoms with Gasteiger partial charge in [-0.2, -0.15) is 0 Å². The van der Waals surface area contributed by atoms with E-state index in [1.807, 2.05) is 11.3 Å². The maximum atomic E-state index is 3.87. The van der Waals surface area contributed by atoms with Gasteiger partial charge in [0.15, 0.2) is 0 Å². The molecule has 3 rings (SSSR count). The number of nitrogens with one attached hydrogen (secondary N) is 1. The lowest BCUT2D eigenvalue weighted by atomic mass is 9.71. The lowest BCUT2D eigenvalue weighted by Gasteiger charge is -2.38. The molecule has 0 amide bonds. The Balaban J connectivity index is 1.44. The smallest absolute Gasteiger partial charge is 0.00896 e. The van der Waals surface area contributed by atoms with Gasteiger partial charge in [-0.3, -0.25) is 0 Å². The van der Waals surface area contributed by atoms with Crippen LogP contribution in [0, 0.1) is 5.41 Å². The standard InChI is InChI=1S/C17H27NS/c1-14(13-16-5-4-12-19-16)18-15-6-10-17(11-7-15)8-2-3-9-17/h4-5,12,14-15,18H,2-3,6-11,13H2,1H3. The van der Waals surface area contributed by atoms with E-state index in [9.17, 15) is 0 Å². The molecule has 2 fully saturated rings. The van der Waals surface area contributed by atoms with E-state index >= 15 is 0 Å². The molecule has 1 spiro atoms. The molecule has 0 aliphatic heterocycles. The third kappa shape index (κ3) is 3.41. The lowest BCUT2D eigenvalue weighted by Crippen LogP contribution is -2.41. The third-order valence-electron chi connectivity index (χ3n) is 5.32. The van der Waals surface area contributed by atoms with Gasteiger partial charge in [0.05, 0.1) is 0 Å². The highest BCUT2D eigenvalue weighted by atomic mass is 32.1. The van der Waals surface area contributed by atoms with Gasteiger partial charge in [0.25, 0.3) is 0 Å². The van der Waals surface area contributed by atoms with Crippen LogP contribution in [0.1, 0.15) is 63.2 Å². The molecular formula is C17H27NS. The van der Waals surface area contributed by atoms with Crippen LogP contribution in [-0.4, -0.2) is 12.1 Å². The van der Waals surface area contributed by atoms with Gasteiger partial charge in [-0.05, 0) is 68.7 Å². The molecule has 2 heteroatoms. The van der Waals surface area contributed by atoms with Gasteiger partial charge in [-0.15, -0.1) is 11.3 Å². The second-order valence-electron chi connectivity index (χ2n) is 6.83. The zero-order chi connectivity index (χ0) is 13.1. The molecule has 0 saturated heterocycles. The normalized spacial score (nSPS) is 24.9. The minimum atomic E-state index is 0.626. The first-order valence-electron chi connectivity index (χ1n) is 8.04. The van der Waals surface area contributed by atoms with E-state index in [0.29, 0.717) is 6.04 Å². The van der Waals surface area contributed by atoms with Crippen LogP contribution in [0.5, 0.6) is 0 Å². The van der Waals surface area contributed by atoms with E-state index in [2.05, 4.69) is 29.8 Å². The summed E-state index contributed by atoms with van der Waals surface area (Å²) in [6.07, 6.45) is 13.0. The Labute approximate surface area is 121 Å². The largest absolute Gasteiger partial charge is 0.311 e. The van der Waals surface area contributed by atoms with Crippen LogP contribution in [0.4, 0.5) is 0 Å². The molecule has 1 aromatic heterocycles. The predicted octanol–water partition coefficient (Wildman–Crippen LogP) is 4.77. The molecular weight excluding hydrogens is 250 g/mol. The second-order valence-corrected chi connectivity index (χ2v) is 7.86. The minimum absolute atomic E-state index is 0.626. The van der Waals surface area contributed by atoms with Crippen molar-refractivity contribution in [2.24, 2.45) is 5.41 Å². The van der Waals surface area contributed by atoms with Gasteiger partial charge in [0, 0.05) is 17.0 Å². The topological polar surface area (TPSA) is 12.0 Å². The van der Waals surface area contributed by atoms with Crippen LogP contribution in [0.3, 0.4) is 0 Å². The van der Waals surface area contributed by atoms with Gasteiger partial charge in [-0.25, -0.2) is 0 Å². The van der Waals surface area contributed by atoms with Gasteiger partial charge in [0.1, 0.15) is 0 Å². The molecule has 1 N–H and O–H groups in total. The lowest BCUT2D eigenvalue weighted by molar-refractivity contribution is 0.163. The van der Waals surface area contributed by atoms with Crippen molar-refractivity contribution in [3.8, 4) is 0 Å². The summed E-state index contributed by atoms with van der Waals surface area (Å²) in [4.78, 5) is 1.52. The Morgan fingerprint density at radius 1 is 1.26 bits per heavy atom. The van der Waals surface area contributed by atoms with E-state index in [0.717, 1.165) is 11.5 Å². The SMILES string of the molecule is CC(Cc1cccs1)NC1CCC2(CCCC2)CC1. The molecule has 1 aromatic rings. The molecule has 19 heavy (non-hydrogen) atoms. The fraction of sp³-hybridized carbons (Fsp3) is 0.765. The Morgan fingerprint density at radius 3 is 2.63 bits per heavy atom. The fourth-order valence-electron chi connectivity index (χ4n) is 4.21. The van der Waals surface area contributed by atoms with Crippen LogP contribution in [0.25, 0.3) is 0 Å².